The first kappa shape index (κ1) is 10.4. The minimum absolute atomic E-state index is 0.587. The fourth-order valence-corrected chi connectivity index (χ4v) is 2.24. The molecular formula is C5H14O3SSi. The van der Waals surface area contributed by atoms with Gasteiger partial charge in [-0.3, -0.25) is 0 Å². The number of rotatable bonds is 5. The van der Waals surface area contributed by atoms with Gasteiger partial charge in [-0.25, -0.2) is 0 Å². The summed E-state index contributed by atoms with van der Waals surface area (Å²) in [6.07, 6.45) is 0.827. The van der Waals surface area contributed by atoms with Crippen LogP contribution in [0.5, 0.6) is 0 Å². The summed E-state index contributed by atoms with van der Waals surface area (Å²) in [5, 5.41) is 0. The standard InChI is InChI=1S/C5H14O3SSi/c1-7-10(6,8-2)5-3-4-9/h6,9H,3-5H2,1-2H3. The zero-order chi connectivity index (χ0) is 8.04. The van der Waals surface area contributed by atoms with Gasteiger partial charge in [0.05, 0.1) is 0 Å². The van der Waals surface area contributed by atoms with Gasteiger partial charge in [-0.1, -0.05) is 0 Å². The lowest BCUT2D eigenvalue weighted by atomic mass is 10.6. The SMILES string of the molecule is CO[Si](O)(CCCS)OC. The topological polar surface area (TPSA) is 38.7 Å². The maximum atomic E-state index is 9.42. The largest absolute Gasteiger partial charge is 0.497 e. The lowest BCUT2D eigenvalue weighted by molar-refractivity contribution is 0.151. The second-order valence-electron chi connectivity index (χ2n) is 1.95. The van der Waals surface area contributed by atoms with Crippen molar-refractivity contribution >= 4 is 21.4 Å². The molecule has 0 aliphatic carbocycles. The van der Waals surface area contributed by atoms with Crippen molar-refractivity contribution in [1.29, 1.82) is 0 Å². The van der Waals surface area contributed by atoms with Crippen LogP contribution in [0.1, 0.15) is 6.42 Å². The third kappa shape index (κ3) is 3.57. The number of thiol groups is 1. The zero-order valence-corrected chi connectivity index (χ0v) is 8.23. The van der Waals surface area contributed by atoms with E-state index in [1.807, 2.05) is 0 Å². The van der Waals surface area contributed by atoms with Gasteiger partial charge in [-0.2, -0.15) is 12.6 Å². The molecule has 0 saturated heterocycles. The van der Waals surface area contributed by atoms with Crippen LogP contribution in [0.3, 0.4) is 0 Å². The predicted octanol–water partition coefficient (Wildman–Crippen LogP) is 0.530. The average molecular weight is 182 g/mol. The first-order valence-electron chi connectivity index (χ1n) is 3.12. The quantitative estimate of drug-likeness (QED) is 0.481. The van der Waals surface area contributed by atoms with E-state index in [0.29, 0.717) is 6.04 Å². The van der Waals surface area contributed by atoms with Crippen molar-refractivity contribution in [3.63, 3.8) is 0 Å². The third-order valence-electron chi connectivity index (χ3n) is 1.29. The van der Waals surface area contributed by atoms with Gasteiger partial charge in [0.15, 0.2) is 0 Å². The van der Waals surface area contributed by atoms with Gasteiger partial charge >= 0.3 is 8.80 Å². The molecule has 0 aromatic rings. The molecule has 0 heterocycles. The highest BCUT2D eigenvalue weighted by Gasteiger charge is 2.32. The van der Waals surface area contributed by atoms with Gasteiger partial charge in [0.1, 0.15) is 0 Å². The molecule has 0 atom stereocenters. The number of hydrogen-bond acceptors (Lipinski definition) is 4. The first-order valence-corrected chi connectivity index (χ1v) is 5.72. The van der Waals surface area contributed by atoms with Crippen LogP contribution in [0.15, 0.2) is 0 Å². The molecule has 0 radical (unpaired) electrons. The van der Waals surface area contributed by atoms with Gasteiger partial charge in [0.2, 0.25) is 0 Å². The minimum atomic E-state index is -2.77. The fraction of sp³-hybridized carbons (Fsp3) is 1.00. The molecule has 0 aromatic heterocycles. The molecule has 1 N–H and O–H groups in total. The van der Waals surface area contributed by atoms with Gasteiger partial charge < -0.3 is 13.6 Å². The van der Waals surface area contributed by atoms with Crippen LogP contribution < -0.4 is 0 Å². The van der Waals surface area contributed by atoms with Crippen molar-refractivity contribution < 1.29 is 13.6 Å². The van der Waals surface area contributed by atoms with E-state index < -0.39 is 8.80 Å². The first-order chi connectivity index (χ1) is 4.68. The van der Waals surface area contributed by atoms with Gasteiger partial charge in [0, 0.05) is 20.3 Å². The Balaban J connectivity index is 3.58. The molecule has 0 spiro atoms. The maximum Gasteiger partial charge on any atom is 0.497 e. The Morgan fingerprint density at radius 3 is 2.20 bits per heavy atom. The Hall–Kier alpha value is 0.447. The predicted molar refractivity (Wildman–Crippen MR) is 45.3 cm³/mol. The molecule has 0 aliphatic rings. The Bertz CT molecular complexity index is 87.0. The molecule has 0 fully saturated rings. The third-order valence-corrected chi connectivity index (χ3v) is 3.87. The van der Waals surface area contributed by atoms with Crippen molar-refractivity contribution in [1.82, 2.24) is 0 Å². The Morgan fingerprint density at radius 1 is 1.40 bits per heavy atom. The van der Waals surface area contributed by atoms with Crippen molar-refractivity contribution in [3.05, 3.63) is 0 Å². The van der Waals surface area contributed by atoms with Gasteiger partial charge in [-0.05, 0) is 12.2 Å². The highest BCUT2D eigenvalue weighted by atomic mass is 32.1. The highest BCUT2D eigenvalue weighted by Crippen LogP contribution is 2.10. The van der Waals surface area contributed by atoms with E-state index in [1.54, 1.807) is 0 Å². The Kier molecular flexibility index (Phi) is 5.37. The normalized spacial score (nSPS) is 12.0. The molecule has 3 nitrogen and oxygen atoms in total. The Morgan fingerprint density at radius 2 is 1.90 bits per heavy atom. The van der Waals surface area contributed by atoms with E-state index in [9.17, 15) is 4.80 Å². The van der Waals surface area contributed by atoms with Crippen molar-refractivity contribution in [2.45, 2.75) is 12.5 Å². The van der Waals surface area contributed by atoms with Crippen molar-refractivity contribution in [2.75, 3.05) is 20.0 Å². The van der Waals surface area contributed by atoms with Crippen LogP contribution in [0.4, 0.5) is 0 Å². The molecule has 5 heteroatoms. The van der Waals surface area contributed by atoms with E-state index in [0.717, 1.165) is 12.2 Å². The second-order valence-corrected chi connectivity index (χ2v) is 5.14. The van der Waals surface area contributed by atoms with Crippen LogP contribution in [-0.4, -0.2) is 33.6 Å². The average Bonchev–Trinajstić information content (AvgIpc) is 2.00. The molecule has 0 saturated carbocycles. The molecular weight excluding hydrogens is 168 g/mol. The van der Waals surface area contributed by atoms with E-state index in [1.165, 1.54) is 14.2 Å². The van der Waals surface area contributed by atoms with Crippen LogP contribution in [0, 0.1) is 0 Å². The summed E-state index contributed by atoms with van der Waals surface area (Å²) in [5.74, 6) is 0.752. The lowest BCUT2D eigenvalue weighted by Gasteiger charge is -2.18. The van der Waals surface area contributed by atoms with Crippen LogP contribution in [-0.2, 0) is 8.85 Å². The summed E-state index contributed by atoms with van der Waals surface area (Å²) in [6, 6.07) is 0.587. The van der Waals surface area contributed by atoms with Crippen molar-refractivity contribution in [2.24, 2.45) is 0 Å². The summed E-state index contributed by atoms with van der Waals surface area (Å²) in [4.78, 5) is 9.42. The summed E-state index contributed by atoms with van der Waals surface area (Å²) < 4.78 is 9.65. The zero-order valence-electron chi connectivity index (χ0n) is 6.33. The summed E-state index contributed by atoms with van der Waals surface area (Å²) in [5.41, 5.74) is 0. The van der Waals surface area contributed by atoms with Crippen LogP contribution in [0.2, 0.25) is 6.04 Å². The molecule has 62 valence electrons. The fourth-order valence-electron chi connectivity index (χ4n) is 0.590. The molecule has 0 bridgehead atoms. The van der Waals surface area contributed by atoms with Crippen LogP contribution in [0.25, 0.3) is 0 Å². The minimum Gasteiger partial charge on any atom is -0.390 e. The van der Waals surface area contributed by atoms with E-state index in [-0.39, 0.29) is 0 Å². The summed E-state index contributed by atoms with van der Waals surface area (Å²) in [7, 11) is 0.166. The second kappa shape index (κ2) is 5.14. The summed E-state index contributed by atoms with van der Waals surface area (Å²) in [6.45, 7) is 0. The molecule has 0 aliphatic heterocycles. The molecule has 0 unspecified atom stereocenters. The maximum absolute atomic E-state index is 9.42. The van der Waals surface area contributed by atoms with E-state index in [2.05, 4.69) is 12.6 Å². The van der Waals surface area contributed by atoms with Crippen LogP contribution >= 0.6 is 12.6 Å². The number of hydrogen-bond donors (Lipinski definition) is 2. The molecule has 0 rings (SSSR count). The molecule has 0 aromatic carbocycles. The Labute approximate surface area is 68.1 Å². The van der Waals surface area contributed by atoms with E-state index in [4.69, 9.17) is 8.85 Å². The smallest absolute Gasteiger partial charge is 0.390 e. The monoisotopic (exact) mass is 182 g/mol. The van der Waals surface area contributed by atoms with Gasteiger partial charge in [0.25, 0.3) is 0 Å². The lowest BCUT2D eigenvalue weighted by Crippen LogP contribution is -2.40. The molecule has 10 heavy (non-hydrogen) atoms. The van der Waals surface area contributed by atoms with E-state index >= 15 is 0 Å². The highest BCUT2D eigenvalue weighted by molar-refractivity contribution is 7.80. The molecule has 0 amide bonds. The summed E-state index contributed by atoms with van der Waals surface area (Å²) >= 11 is 4.01. The van der Waals surface area contributed by atoms with Gasteiger partial charge in [-0.15, -0.1) is 0 Å². The van der Waals surface area contributed by atoms with Crippen molar-refractivity contribution in [3.8, 4) is 0 Å².